The molecule has 0 unspecified atom stereocenters. The zero-order valence-corrected chi connectivity index (χ0v) is 13.2. The molecule has 0 bridgehead atoms. The number of ether oxygens (including phenoxy) is 1. The van der Waals surface area contributed by atoms with Crippen molar-refractivity contribution in [1.29, 1.82) is 0 Å². The number of nitrogens with zero attached hydrogens (tertiary/aromatic N) is 1. The average molecular weight is 311 g/mol. The van der Waals surface area contributed by atoms with Crippen molar-refractivity contribution in [3.05, 3.63) is 29.8 Å². The van der Waals surface area contributed by atoms with Gasteiger partial charge in [0.1, 0.15) is 15.6 Å². The van der Waals surface area contributed by atoms with Crippen molar-refractivity contribution in [1.82, 2.24) is 4.90 Å². The number of carbonyl (C=O) groups is 1. The highest BCUT2D eigenvalue weighted by Crippen LogP contribution is 2.29. The molecular formula is C15H21NO4S. The Labute approximate surface area is 125 Å². The lowest BCUT2D eigenvalue weighted by atomic mass is 10.2. The summed E-state index contributed by atoms with van der Waals surface area (Å²) in [5.41, 5.74) is 1.02. The largest absolute Gasteiger partial charge is 0.497 e. The third-order valence-electron chi connectivity index (χ3n) is 3.51. The molecule has 1 aromatic rings. The zero-order chi connectivity index (χ0) is 15.5. The number of hydrogen-bond donors (Lipinski definition) is 0. The van der Waals surface area contributed by atoms with E-state index in [1.54, 1.807) is 12.0 Å². The highest BCUT2D eigenvalue weighted by Gasteiger charge is 2.32. The van der Waals surface area contributed by atoms with E-state index in [1.807, 2.05) is 24.3 Å². The van der Waals surface area contributed by atoms with E-state index in [2.05, 4.69) is 0 Å². The SMILES string of the molecule is COc1ccc(CN(C(=O)CCS(C)(=O)=O)C2CC2)cc1. The lowest BCUT2D eigenvalue weighted by Gasteiger charge is -2.22. The molecule has 0 atom stereocenters. The predicted octanol–water partition coefficient (Wildman–Crippen LogP) is 1.62. The van der Waals surface area contributed by atoms with Gasteiger partial charge in [0.05, 0.1) is 12.9 Å². The first-order valence-corrected chi connectivity index (χ1v) is 9.05. The molecule has 1 aliphatic rings. The molecule has 1 amide bonds. The first kappa shape index (κ1) is 15.8. The molecule has 5 nitrogen and oxygen atoms in total. The summed E-state index contributed by atoms with van der Waals surface area (Å²) in [5, 5.41) is 0. The van der Waals surface area contributed by atoms with Crippen molar-refractivity contribution in [3.63, 3.8) is 0 Å². The van der Waals surface area contributed by atoms with Gasteiger partial charge in [0.2, 0.25) is 5.91 Å². The summed E-state index contributed by atoms with van der Waals surface area (Å²) in [6.07, 6.45) is 3.22. The number of amides is 1. The van der Waals surface area contributed by atoms with Crippen LogP contribution in [0, 0.1) is 0 Å². The van der Waals surface area contributed by atoms with E-state index in [-0.39, 0.29) is 24.1 Å². The Morgan fingerprint density at radius 3 is 2.38 bits per heavy atom. The van der Waals surface area contributed by atoms with Gasteiger partial charge in [-0.25, -0.2) is 8.42 Å². The summed E-state index contributed by atoms with van der Waals surface area (Å²) < 4.78 is 27.5. The fourth-order valence-corrected chi connectivity index (χ4v) is 2.70. The fraction of sp³-hybridized carbons (Fsp3) is 0.533. The Kier molecular flexibility index (Phi) is 4.88. The van der Waals surface area contributed by atoms with Crippen LogP contribution in [0.4, 0.5) is 0 Å². The van der Waals surface area contributed by atoms with E-state index < -0.39 is 9.84 Å². The molecule has 6 heteroatoms. The Morgan fingerprint density at radius 1 is 1.29 bits per heavy atom. The lowest BCUT2D eigenvalue weighted by Crippen LogP contribution is -2.33. The van der Waals surface area contributed by atoms with Gasteiger partial charge in [-0.2, -0.15) is 0 Å². The van der Waals surface area contributed by atoms with Crippen molar-refractivity contribution in [2.24, 2.45) is 0 Å². The molecular weight excluding hydrogens is 290 g/mol. The molecule has 21 heavy (non-hydrogen) atoms. The highest BCUT2D eigenvalue weighted by atomic mass is 32.2. The van der Waals surface area contributed by atoms with Gasteiger partial charge in [-0.05, 0) is 30.5 Å². The first-order valence-electron chi connectivity index (χ1n) is 6.99. The van der Waals surface area contributed by atoms with Crippen molar-refractivity contribution < 1.29 is 17.9 Å². The quantitative estimate of drug-likeness (QED) is 0.767. The van der Waals surface area contributed by atoms with Crippen LogP contribution in [0.2, 0.25) is 0 Å². The molecule has 1 saturated carbocycles. The molecule has 0 radical (unpaired) electrons. The molecule has 1 aliphatic carbocycles. The van der Waals surface area contributed by atoms with Crippen LogP contribution in [-0.4, -0.2) is 44.4 Å². The summed E-state index contributed by atoms with van der Waals surface area (Å²) >= 11 is 0. The third-order valence-corrected chi connectivity index (χ3v) is 4.45. The van der Waals surface area contributed by atoms with Crippen LogP contribution in [0.5, 0.6) is 5.75 Å². The van der Waals surface area contributed by atoms with E-state index in [4.69, 9.17) is 4.74 Å². The minimum Gasteiger partial charge on any atom is -0.497 e. The van der Waals surface area contributed by atoms with Crippen LogP contribution < -0.4 is 4.74 Å². The zero-order valence-electron chi connectivity index (χ0n) is 12.4. The number of benzene rings is 1. The summed E-state index contributed by atoms with van der Waals surface area (Å²) in [7, 11) is -1.49. The second kappa shape index (κ2) is 6.47. The van der Waals surface area contributed by atoms with Crippen molar-refractivity contribution >= 4 is 15.7 Å². The van der Waals surface area contributed by atoms with Gasteiger partial charge in [0, 0.05) is 25.3 Å². The monoisotopic (exact) mass is 311 g/mol. The molecule has 2 rings (SSSR count). The van der Waals surface area contributed by atoms with Crippen molar-refractivity contribution in [3.8, 4) is 5.75 Å². The molecule has 0 aliphatic heterocycles. The third kappa shape index (κ3) is 5.04. The van der Waals surface area contributed by atoms with Gasteiger partial charge in [-0.3, -0.25) is 4.79 Å². The van der Waals surface area contributed by atoms with Crippen molar-refractivity contribution in [2.75, 3.05) is 19.1 Å². The van der Waals surface area contributed by atoms with Crippen LogP contribution in [0.25, 0.3) is 0 Å². The van der Waals surface area contributed by atoms with Gasteiger partial charge in [0.25, 0.3) is 0 Å². The Balaban J connectivity index is 1.99. The van der Waals surface area contributed by atoms with Crippen molar-refractivity contribution in [2.45, 2.75) is 31.8 Å². The molecule has 0 heterocycles. The van der Waals surface area contributed by atoms with Crippen LogP contribution in [-0.2, 0) is 21.2 Å². The second-order valence-corrected chi connectivity index (χ2v) is 7.74. The van der Waals surface area contributed by atoms with Crippen LogP contribution in [0.15, 0.2) is 24.3 Å². The summed E-state index contributed by atoms with van der Waals surface area (Å²) in [4.78, 5) is 14.0. The van der Waals surface area contributed by atoms with Gasteiger partial charge in [-0.1, -0.05) is 12.1 Å². The topological polar surface area (TPSA) is 63.7 Å². The highest BCUT2D eigenvalue weighted by molar-refractivity contribution is 7.90. The predicted molar refractivity (Wildman–Crippen MR) is 80.9 cm³/mol. The summed E-state index contributed by atoms with van der Waals surface area (Å²) in [6, 6.07) is 7.85. The molecule has 1 fully saturated rings. The molecule has 1 aromatic carbocycles. The van der Waals surface area contributed by atoms with Gasteiger partial charge >= 0.3 is 0 Å². The number of sulfone groups is 1. The van der Waals surface area contributed by atoms with Gasteiger partial charge in [0.15, 0.2) is 0 Å². The van der Waals surface area contributed by atoms with E-state index in [9.17, 15) is 13.2 Å². The Morgan fingerprint density at radius 2 is 1.90 bits per heavy atom. The van der Waals surface area contributed by atoms with E-state index >= 15 is 0 Å². The number of carbonyl (C=O) groups excluding carboxylic acids is 1. The standard InChI is InChI=1S/C15H21NO4S/c1-20-14-7-3-12(4-8-14)11-16(13-5-6-13)15(17)9-10-21(2,18)19/h3-4,7-8,13H,5-6,9-11H2,1-2H3. The van der Waals surface area contributed by atoms with E-state index in [0.29, 0.717) is 6.54 Å². The fourth-order valence-electron chi connectivity index (χ4n) is 2.15. The lowest BCUT2D eigenvalue weighted by molar-refractivity contribution is -0.132. The molecule has 116 valence electrons. The second-order valence-electron chi connectivity index (χ2n) is 5.48. The number of methoxy groups -OCH3 is 1. The first-order chi connectivity index (χ1) is 9.89. The minimum absolute atomic E-state index is 0.0610. The van der Waals surface area contributed by atoms with Crippen LogP contribution in [0.1, 0.15) is 24.8 Å². The average Bonchev–Trinajstić information content (AvgIpc) is 3.26. The molecule has 0 N–H and O–H groups in total. The molecule has 0 saturated heterocycles. The molecule has 0 spiro atoms. The minimum atomic E-state index is -3.10. The van der Waals surface area contributed by atoms with Crippen LogP contribution in [0.3, 0.4) is 0 Å². The molecule has 0 aromatic heterocycles. The summed E-state index contributed by atoms with van der Waals surface area (Å²) in [6.45, 7) is 0.525. The maximum absolute atomic E-state index is 12.2. The smallest absolute Gasteiger partial charge is 0.224 e. The van der Waals surface area contributed by atoms with E-state index in [1.165, 1.54) is 0 Å². The van der Waals surface area contributed by atoms with Gasteiger partial charge in [-0.15, -0.1) is 0 Å². The summed E-state index contributed by atoms with van der Waals surface area (Å²) in [5.74, 6) is 0.608. The Bertz CT molecular complexity index is 591. The van der Waals surface area contributed by atoms with Crippen LogP contribution >= 0.6 is 0 Å². The maximum atomic E-state index is 12.2. The number of rotatable bonds is 7. The normalized spacial score (nSPS) is 14.8. The van der Waals surface area contributed by atoms with E-state index in [0.717, 1.165) is 30.4 Å². The maximum Gasteiger partial charge on any atom is 0.224 e. The Hall–Kier alpha value is -1.56. The number of hydrogen-bond acceptors (Lipinski definition) is 4. The van der Waals surface area contributed by atoms with Gasteiger partial charge < -0.3 is 9.64 Å².